The summed E-state index contributed by atoms with van der Waals surface area (Å²) < 4.78 is 0. The molecule has 3 rings (SSSR count). The van der Waals surface area contributed by atoms with Gasteiger partial charge < -0.3 is 5.32 Å². The van der Waals surface area contributed by atoms with Gasteiger partial charge in [0, 0.05) is 17.9 Å². The van der Waals surface area contributed by atoms with Gasteiger partial charge in [0.1, 0.15) is 0 Å². The Bertz CT molecular complexity index is 333. The second kappa shape index (κ2) is 4.09. The summed E-state index contributed by atoms with van der Waals surface area (Å²) in [6, 6.07) is 0.335. The lowest BCUT2D eigenvalue weighted by molar-refractivity contribution is -0.157. The molecule has 2 saturated heterocycles. The normalized spacial score (nSPS) is 42.1. The van der Waals surface area contributed by atoms with Gasteiger partial charge in [-0.25, -0.2) is 0 Å². The maximum Gasteiger partial charge on any atom is 0.232 e. The molecule has 0 aromatic carbocycles. The first kappa shape index (κ1) is 11.2. The number of imide groups is 1. The molecular formula is C13H20N2O2. The number of amides is 2. The van der Waals surface area contributed by atoms with E-state index in [0.29, 0.717) is 0 Å². The zero-order valence-electron chi connectivity index (χ0n) is 10.3. The molecule has 1 aliphatic carbocycles. The molecule has 94 valence electrons. The third-order valence-corrected chi connectivity index (χ3v) is 4.66. The van der Waals surface area contributed by atoms with Crippen LogP contribution in [0.2, 0.25) is 0 Å². The van der Waals surface area contributed by atoms with Crippen LogP contribution in [0.1, 0.15) is 39.0 Å². The van der Waals surface area contributed by atoms with Crippen LogP contribution >= 0.6 is 0 Å². The first-order valence-electron chi connectivity index (χ1n) is 6.79. The van der Waals surface area contributed by atoms with E-state index in [1.807, 2.05) is 0 Å². The Morgan fingerprint density at radius 3 is 2.35 bits per heavy atom. The molecule has 2 aliphatic heterocycles. The monoisotopic (exact) mass is 236 g/mol. The fourth-order valence-electron chi connectivity index (χ4n) is 3.64. The van der Waals surface area contributed by atoms with Crippen molar-refractivity contribution < 1.29 is 9.59 Å². The van der Waals surface area contributed by atoms with Crippen molar-refractivity contribution in [1.82, 2.24) is 10.2 Å². The number of carbonyl (C=O) groups excluding carboxylic acids is 2. The molecule has 2 heterocycles. The van der Waals surface area contributed by atoms with Crippen LogP contribution in [0, 0.1) is 11.8 Å². The summed E-state index contributed by atoms with van der Waals surface area (Å²) in [6.07, 6.45) is 4.66. The number of likely N-dealkylation sites (tertiary alicyclic amines) is 1. The molecule has 2 amide bonds. The summed E-state index contributed by atoms with van der Waals surface area (Å²) in [4.78, 5) is 26.2. The predicted molar refractivity (Wildman–Crippen MR) is 63.2 cm³/mol. The van der Waals surface area contributed by atoms with E-state index < -0.39 is 0 Å². The van der Waals surface area contributed by atoms with Crippen molar-refractivity contribution >= 4 is 11.8 Å². The molecule has 4 nitrogen and oxygen atoms in total. The van der Waals surface area contributed by atoms with Crippen molar-refractivity contribution in [2.45, 2.75) is 51.1 Å². The van der Waals surface area contributed by atoms with Crippen LogP contribution in [0.4, 0.5) is 0 Å². The number of carbonyl (C=O) groups is 2. The molecule has 0 aromatic rings. The van der Waals surface area contributed by atoms with Gasteiger partial charge in [0.25, 0.3) is 0 Å². The van der Waals surface area contributed by atoms with E-state index in [1.165, 1.54) is 0 Å². The molecular weight excluding hydrogens is 216 g/mol. The fraction of sp³-hybridized carbons (Fsp3) is 0.846. The zero-order valence-corrected chi connectivity index (χ0v) is 10.3. The summed E-state index contributed by atoms with van der Waals surface area (Å²) in [5.41, 5.74) is 0. The van der Waals surface area contributed by atoms with E-state index in [0.717, 1.165) is 38.6 Å². The second-order valence-corrected chi connectivity index (χ2v) is 5.71. The number of nitrogens with one attached hydrogen (secondary N) is 1. The third kappa shape index (κ3) is 1.69. The number of piperidine rings is 2. The van der Waals surface area contributed by atoms with Crippen molar-refractivity contribution in [3.63, 3.8) is 0 Å². The largest absolute Gasteiger partial charge is 0.312 e. The minimum Gasteiger partial charge on any atom is -0.312 e. The van der Waals surface area contributed by atoms with Crippen LogP contribution in [0.25, 0.3) is 0 Å². The minimum atomic E-state index is 0.0900. The Kier molecular flexibility index (Phi) is 2.69. The first-order chi connectivity index (χ1) is 8.18. The molecule has 2 bridgehead atoms. The van der Waals surface area contributed by atoms with Crippen molar-refractivity contribution in [3.8, 4) is 0 Å². The van der Waals surface area contributed by atoms with Gasteiger partial charge in [0.15, 0.2) is 0 Å². The average Bonchev–Trinajstić information content (AvgIpc) is 2.76. The first-order valence-corrected chi connectivity index (χ1v) is 6.79. The van der Waals surface area contributed by atoms with E-state index in [9.17, 15) is 9.59 Å². The van der Waals surface area contributed by atoms with Crippen LogP contribution in [0.15, 0.2) is 0 Å². The Balaban J connectivity index is 1.85. The van der Waals surface area contributed by atoms with Gasteiger partial charge in [-0.1, -0.05) is 0 Å². The predicted octanol–water partition coefficient (Wildman–Crippen LogP) is 0.912. The van der Waals surface area contributed by atoms with E-state index in [4.69, 9.17) is 0 Å². The van der Waals surface area contributed by atoms with Crippen LogP contribution in [-0.2, 0) is 9.59 Å². The maximum atomic E-state index is 12.3. The Labute approximate surface area is 102 Å². The fourth-order valence-corrected chi connectivity index (χ4v) is 3.64. The lowest BCUT2D eigenvalue weighted by Crippen LogP contribution is -2.59. The Morgan fingerprint density at radius 2 is 1.76 bits per heavy atom. The van der Waals surface area contributed by atoms with Crippen LogP contribution in [0.3, 0.4) is 0 Å². The summed E-state index contributed by atoms with van der Waals surface area (Å²) in [5, 5.41) is 3.37. The van der Waals surface area contributed by atoms with Gasteiger partial charge in [0.05, 0.1) is 6.04 Å². The molecule has 4 unspecified atom stereocenters. The molecule has 3 aliphatic rings. The molecule has 1 saturated carbocycles. The van der Waals surface area contributed by atoms with Gasteiger partial charge in [-0.05, 0) is 45.6 Å². The van der Waals surface area contributed by atoms with Gasteiger partial charge in [-0.15, -0.1) is 0 Å². The standard InChI is InChI=1S/C13H20N2O2/c1-8-11(3-2-6-14-8)15-12(16)9-4-5-10(7-9)13(15)17/h8-11,14H,2-7H2,1H3. The minimum absolute atomic E-state index is 0.0900. The van der Waals surface area contributed by atoms with Crippen molar-refractivity contribution in [2.75, 3.05) is 6.54 Å². The highest BCUT2D eigenvalue weighted by Crippen LogP contribution is 2.39. The number of rotatable bonds is 1. The molecule has 4 heteroatoms. The van der Waals surface area contributed by atoms with Crippen molar-refractivity contribution in [1.29, 1.82) is 0 Å². The summed E-state index contributed by atoms with van der Waals surface area (Å²) in [5.74, 6) is 0.465. The van der Waals surface area contributed by atoms with Gasteiger partial charge in [-0.2, -0.15) is 0 Å². The molecule has 17 heavy (non-hydrogen) atoms. The van der Waals surface area contributed by atoms with Crippen LogP contribution in [0.5, 0.6) is 0 Å². The molecule has 1 N–H and O–H groups in total. The third-order valence-electron chi connectivity index (χ3n) is 4.66. The summed E-state index contributed by atoms with van der Waals surface area (Å²) in [6.45, 7) is 3.08. The molecule has 0 spiro atoms. The van der Waals surface area contributed by atoms with Gasteiger partial charge >= 0.3 is 0 Å². The highest BCUT2D eigenvalue weighted by molar-refractivity contribution is 6.01. The number of nitrogens with zero attached hydrogens (tertiary/aromatic N) is 1. The second-order valence-electron chi connectivity index (χ2n) is 5.71. The van der Waals surface area contributed by atoms with Gasteiger partial charge in [-0.3, -0.25) is 14.5 Å². The molecule has 0 radical (unpaired) electrons. The number of fused-ring (bicyclic) bond motifs is 2. The molecule has 4 atom stereocenters. The smallest absolute Gasteiger partial charge is 0.232 e. The van der Waals surface area contributed by atoms with Gasteiger partial charge in [0.2, 0.25) is 11.8 Å². The highest BCUT2D eigenvalue weighted by Gasteiger charge is 2.48. The lowest BCUT2D eigenvalue weighted by atomic mass is 9.91. The number of hydrogen-bond donors (Lipinski definition) is 1. The molecule has 3 fully saturated rings. The Hall–Kier alpha value is -0.900. The van der Waals surface area contributed by atoms with Crippen molar-refractivity contribution in [3.05, 3.63) is 0 Å². The lowest BCUT2D eigenvalue weighted by Gasteiger charge is -2.41. The Morgan fingerprint density at radius 1 is 1.12 bits per heavy atom. The molecule has 0 aromatic heterocycles. The highest BCUT2D eigenvalue weighted by atomic mass is 16.2. The SMILES string of the molecule is CC1NCCCC1N1C(=O)C2CCC(C2)C1=O. The summed E-state index contributed by atoms with van der Waals surface area (Å²) in [7, 11) is 0. The quantitative estimate of drug-likeness (QED) is 0.689. The average molecular weight is 236 g/mol. The van der Waals surface area contributed by atoms with Crippen molar-refractivity contribution in [2.24, 2.45) is 11.8 Å². The maximum absolute atomic E-state index is 12.3. The number of hydrogen-bond acceptors (Lipinski definition) is 3. The summed E-state index contributed by atoms with van der Waals surface area (Å²) >= 11 is 0. The van der Waals surface area contributed by atoms with E-state index in [1.54, 1.807) is 4.90 Å². The topological polar surface area (TPSA) is 49.4 Å². The zero-order chi connectivity index (χ0) is 12.0. The van der Waals surface area contributed by atoms with Crippen LogP contribution < -0.4 is 5.32 Å². The van der Waals surface area contributed by atoms with E-state index in [2.05, 4.69) is 12.2 Å². The van der Waals surface area contributed by atoms with E-state index >= 15 is 0 Å². The van der Waals surface area contributed by atoms with E-state index in [-0.39, 0.29) is 35.7 Å². The van der Waals surface area contributed by atoms with Crippen LogP contribution in [-0.4, -0.2) is 35.3 Å².